The summed E-state index contributed by atoms with van der Waals surface area (Å²) in [4.78, 5) is 2.10. The quantitative estimate of drug-likeness (QED) is 0.563. The van der Waals surface area contributed by atoms with Gasteiger partial charge >= 0.3 is 0 Å². The Labute approximate surface area is 140 Å². The first-order valence-corrected chi connectivity index (χ1v) is 8.33. The third-order valence-corrected chi connectivity index (χ3v) is 4.70. The summed E-state index contributed by atoms with van der Waals surface area (Å²) in [6.45, 7) is 19.1. The van der Waals surface area contributed by atoms with Gasteiger partial charge in [0.25, 0.3) is 5.92 Å². The number of nitrogens with zero attached hydrogens (tertiary/aromatic N) is 1. The van der Waals surface area contributed by atoms with E-state index >= 15 is 0 Å². The lowest BCUT2D eigenvalue weighted by molar-refractivity contribution is 0.0653. The van der Waals surface area contributed by atoms with E-state index in [2.05, 4.69) is 38.8 Å². The summed E-state index contributed by atoms with van der Waals surface area (Å²) in [6, 6.07) is 0. The lowest BCUT2D eigenvalue weighted by atomic mass is 9.75. The van der Waals surface area contributed by atoms with Crippen molar-refractivity contribution < 1.29 is 8.78 Å². The molecule has 3 heteroatoms. The molecule has 1 aliphatic heterocycles. The maximum absolute atomic E-state index is 13.9. The summed E-state index contributed by atoms with van der Waals surface area (Å²) in [7, 11) is 0. The molecule has 130 valence electrons. The molecule has 0 amide bonds. The van der Waals surface area contributed by atoms with Gasteiger partial charge in [-0.2, -0.15) is 0 Å². The topological polar surface area (TPSA) is 3.24 Å². The van der Waals surface area contributed by atoms with E-state index in [0.29, 0.717) is 17.2 Å². The SMILES string of the molecule is C=C(C(=C)N1CCC(C(C)(C)C)CC1)/C(=C\C=C/C)C(C)(F)F. The van der Waals surface area contributed by atoms with E-state index in [1.54, 1.807) is 19.1 Å². The van der Waals surface area contributed by atoms with Crippen LogP contribution in [0.3, 0.4) is 0 Å². The molecule has 1 aliphatic rings. The zero-order valence-electron chi connectivity index (χ0n) is 15.3. The Morgan fingerprint density at radius 2 is 1.61 bits per heavy atom. The molecule has 0 spiro atoms. The zero-order valence-corrected chi connectivity index (χ0v) is 15.3. The van der Waals surface area contributed by atoms with Gasteiger partial charge in [-0.1, -0.05) is 52.2 Å². The maximum Gasteiger partial charge on any atom is 0.271 e. The lowest BCUT2D eigenvalue weighted by Crippen LogP contribution is -2.38. The van der Waals surface area contributed by atoms with Crippen molar-refractivity contribution in [1.29, 1.82) is 0 Å². The van der Waals surface area contributed by atoms with Crippen LogP contribution in [0.4, 0.5) is 8.78 Å². The van der Waals surface area contributed by atoms with Crippen molar-refractivity contribution in [3.8, 4) is 0 Å². The molecule has 0 N–H and O–H groups in total. The van der Waals surface area contributed by atoms with Gasteiger partial charge in [-0.3, -0.25) is 0 Å². The average molecular weight is 323 g/mol. The predicted octanol–water partition coefficient (Wildman–Crippen LogP) is 5.97. The Kier molecular flexibility index (Phi) is 6.38. The van der Waals surface area contributed by atoms with E-state index in [1.807, 2.05) is 0 Å². The van der Waals surface area contributed by atoms with E-state index < -0.39 is 5.92 Å². The number of halogens is 2. The summed E-state index contributed by atoms with van der Waals surface area (Å²) >= 11 is 0. The van der Waals surface area contributed by atoms with Gasteiger partial charge < -0.3 is 4.90 Å². The highest BCUT2D eigenvalue weighted by Crippen LogP contribution is 2.38. The standard InChI is InChI=1S/C20H31F2N/c1-8-9-10-18(20(7,21)22)15(2)16(3)23-13-11-17(12-14-23)19(4,5)6/h8-10,17H,2-3,11-14H2,1,4-7H3/b9-8-,18-10+. The fourth-order valence-corrected chi connectivity index (χ4v) is 3.07. The smallest absolute Gasteiger partial charge is 0.271 e. The van der Waals surface area contributed by atoms with Crippen molar-refractivity contribution >= 4 is 0 Å². The molecular formula is C20H31F2N. The van der Waals surface area contributed by atoms with Crippen molar-refractivity contribution in [3.63, 3.8) is 0 Å². The summed E-state index contributed by atoms with van der Waals surface area (Å²) in [6.07, 6.45) is 6.92. The number of likely N-dealkylation sites (tertiary alicyclic amines) is 1. The monoisotopic (exact) mass is 323 g/mol. The molecule has 1 nitrogen and oxygen atoms in total. The van der Waals surface area contributed by atoms with Gasteiger partial charge in [-0.25, -0.2) is 8.78 Å². The van der Waals surface area contributed by atoms with Crippen LogP contribution in [0.5, 0.6) is 0 Å². The highest BCUT2D eigenvalue weighted by molar-refractivity contribution is 5.47. The van der Waals surface area contributed by atoms with Crippen LogP contribution in [0.25, 0.3) is 0 Å². The summed E-state index contributed by atoms with van der Waals surface area (Å²) in [5.74, 6) is -2.27. The van der Waals surface area contributed by atoms with Crippen LogP contribution in [0.1, 0.15) is 47.5 Å². The third-order valence-electron chi connectivity index (χ3n) is 4.70. The van der Waals surface area contributed by atoms with E-state index in [9.17, 15) is 8.78 Å². The first kappa shape index (κ1) is 19.7. The summed E-state index contributed by atoms with van der Waals surface area (Å²) in [5.41, 5.74) is 1.19. The van der Waals surface area contributed by atoms with Crippen LogP contribution in [0.2, 0.25) is 0 Å². The summed E-state index contributed by atoms with van der Waals surface area (Å²) < 4.78 is 27.8. The molecule has 0 bridgehead atoms. The van der Waals surface area contributed by atoms with Crippen LogP contribution in [0.15, 0.2) is 48.2 Å². The Hall–Kier alpha value is -1.38. The second-order valence-corrected chi connectivity index (χ2v) is 7.55. The van der Waals surface area contributed by atoms with Gasteiger partial charge in [0.2, 0.25) is 0 Å². The van der Waals surface area contributed by atoms with Crippen LogP contribution in [-0.2, 0) is 0 Å². The molecule has 0 saturated carbocycles. The Morgan fingerprint density at radius 1 is 1.09 bits per heavy atom. The molecule has 0 aromatic rings. The first-order valence-electron chi connectivity index (χ1n) is 8.33. The largest absolute Gasteiger partial charge is 0.372 e. The van der Waals surface area contributed by atoms with Gasteiger partial charge in [-0.05, 0) is 36.7 Å². The number of alkyl halides is 2. The fraction of sp³-hybridized carbons (Fsp3) is 0.600. The first-order chi connectivity index (χ1) is 10.5. The minimum Gasteiger partial charge on any atom is -0.372 e. The fourth-order valence-electron chi connectivity index (χ4n) is 3.07. The third kappa shape index (κ3) is 5.33. The van der Waals surface area contributed by atoms with Gasteiger partial charge in [0, 0.05) is 31.3 Å². The summed E-state index contributed by atoms with van der Waals surface area (Å²) in [5, 5.41) is 0. The van der Waals surface area contributed by atoms with Crippen molar-refractivity contribution in [1.82, 2.24) is 4.90 Å². The Balaban J connectivity index is 2.83. The van der Waals surface area contributed by atoms with E-state index in [4.69, 9.17) is 0 Å². The van der Waals surface area contributed by atoms with Crippen molar-refractivity contribution in [2.24, 2.45) is 11.3 Å². The van der Waals surface area contributed by atoms with Crippen LogP contribution >= 0.6 is 0 Å². The van der Waals surface area contributed by atoms with Crippen molar-refractivity contribution in [3.05, 3.63) is 48.2 Å². The lowest BCUT2D eigenvalue weighted by Gasteiger charge is -2.41. The van der Waals surface area contributed by atoms with E-state index in [1.165, 1.54) is 6.08 Å². The highest BCUT2D eigenvalue weighted by atomic mass is 19.3. The number of allylic oxidation sites excluding steroid dienone is 4. The molecule has 1 heterocycles. The molecular weight excluding hydrogens is 292 g/mol. The van der Waals surface area contributed by atoms with Gasteiger partial charge in [0.05, 0.1) is 0 Å². The van der Waals surface area contributed by atoms with E-state index in [-0.39, 0.29) is 11.0 Å². The van der Waals surface area contributed by atoms with E-state index in [0.717, 1.165) is 32.9 Å². The van der Waals surface area contributed by atoms with Crippen molar-refractivity contribution in [2.45, 2.75) is 53.4 Å². The predicted molar refractivity (Wildman–Crippen MR) is 95.6 cm³/mol. The number of hydrogen-bond acceptors (Lipinski definition) is 1. The number of rotatable bonds is 5. The molecule has 0 atom stereocenters. The minimum atomic E-state index is -2.93. The molecule has 1 saturated heterocycles. The van der Waals surface area contributed by atoms with Gasteiger partial charge in [0.1, 0.15) is 0 Å². The molecule has 1 fully saturated rings. The molecule has 23 heavy (non-hydrogen) atoms. The van der Waals surface area contributed by atoms with Crippen LogP contribution < -0.4 is 0 Å². The molecule has 0 unspecified atom stereocenters. The molecule has 0 aromatic heterocycles. The van der Waals surface area contributed by atoms with Crippen LogP contribution in [0, 0.1) is 11.3 Å². The van der Waals surface area contributed by atoms with Gasteiger partial charge in [0.15, 0.2) is 0 Å². The van der Waals surface area contributed by atoms with Crippen LogP contribution in [-0.4, -0.2) is 23.9 Å². The highest BCUT2D eigenvalue weighted by Gasteiger charge is 2.33. The number of piperidine rings is 1. The Bertz CT molecular complexity index is 493. The number of hydrogen-bond donors (Lipinski definition) is 0. The maximum atomic E-state index is 13.9. The molecule has 0 radical (unpaired) electrons. The second-order valence-electron chi connectivity index (χ2n) is 7.55. The van der Waals surface area contributed by atoms with Gasteiger partial charge in [-0.15, -0.1) is 0 Å². The molecule has 0 aliphatic carbocycles. The zero-order chi connectivity index (χ0) is 17.8. The minimum absolute atomic E-state index is 0.0569. The van der Waals surface area contributed by atoms with Crippen molar-refractivity contribution in [2.75, 3.05) is 13.1 Å². The Morgan fingerprint density at radius 3 is 2.00 bits per heavy atom. The average Bonchev–Trinajstić information content (AvgIpc) is 2.44. The second kappa shape index (κ2) is 7.46. The normalized spacial score (nSPS) is 18.6. The molecule has 0 aromatic carbocycles. The molecule has 1 rings (SSSR count).